The van der Waals surface area contributed by atoms with Crippen LogP contribution in [-0.4, -0.2) is 29.5 Å². The van der Waals surface area contributed by atoms with Crippen LogP contribution in [0.5, 0.6) is 0 Å². The molecule has 0 aliphatic rings. The molecule has 1 atom stereocenters. The Labute approximate surface area is 167 Å². The summed E-state index contributed by atoms with van der Waals surface area (Å²) in [5.74, 6) is -0.420. The quantitative estimate of drug-likeness (QED) is 0.718. The topological polar surface area (TPSA) is 58.6 Å². The largest absolute Gasteiger partial charge is 0.464 e. The maximum absolute atomic E-state index is 13.0. The summed E-state index contributed by atoms with van der Waals surface area (Å²) in [7, 11) is 0. The van der Waals surface area contributed by atoms with E-state index in [2.05, 4.69) is 26.1 Å². The molecule has 150 valence electrons. The highest BCUT2D eigenvalue weighted by Crippen LogP contribution is 2.24. The minimum atomic E-state index is -0.700. The molecule has 0 aliphatic heterocycles. The molecule has 0 aromatic heterocycles. The number of ether oxygens (including phenoxy) is 1. The van der Waals surface area contributed by atoms with E-state index in [4.69, 9.17) is 4.74 Å². The van der Waals surface area contributed by atoms with Crippen molar-refractivity contribution < 1.29 is 14.3 Å². The number of nitrogens with zero attached hydrogens (tertiary/aromatic N) is 1. The summed E-state index contributed by atoms with van der Waals surface area (Å²) in [5.41, 5.74) is 2.86. The maximum Gasteiger partial charge on any atom is 0.328 e. The van der Waals surface area contributed by atoms with Gasteiger partial charge in [-0.3, -0.25) is 0 Å². The molecule has 5 nitrogen and oxygen atoms in total. The first-order valence-corrected chi connectivity index (χ1v) is 9.61. The molecule has 1 unspecified atom stereocenters. The molecule has 0 radical (unpaired) electrons. The number of benzene rings is 2. The SMILES string of the molecule is CCOC(=O)C(C)N(Cc1ccccc1)C(=O)Nc1ccc(C(C)(C)C)cc1. The van der Waals surface area contributed by atoms with Gasteiger partial charge < -0.3 is 15.0 Å². The number of hydrogen-bond donors (Lipinski definition) is 1. The number of carbonyl (C=O) groups is 2. The van der Waals surface area contributed by atoms with Crippen LogP contribution in [0.2, 0.25) is 0 Å². The zero-order valence-corrected chi connectivity index (χ0v) is 17.4. The van der Waals surface area contributed by atoms with Gasteiger partial charge >= 0.3 is 12.0 Å². The summed E-state index contributed by atoms with van der Waals surface area (Å²) in [5, 5.41) is 2.90. The van der Waals surface area contributed by atoms with Crippen molar-refractivity contribution in [1.29, 1.82) is 0 Å². The first-order chi connectivity index (χ1) is 13.2. The number of rotatable bonds is 6. The first-order valence-electron chi connectivity index (χ1n) is 9.61. The minimum absolute atomic E-state index is 0.0420. The average Bonchev–Trinajstić information content (AvgIpc) is 2.66. The molecule has 2 aromatic rings. The molecule has 2 amide bonds. The van der Waals surface area contributed by atoms with Crippen LogP contribution < -0.4 is 5.32 Å². The molecule has 0 saturated carbocycles. The molecule has 0 fully saturated rings. The van der Waals surface area contributed by atoms with Crippen LogP contribution in [0.3, 0.4) is 0 Å². The monoisotopic (exact) mass is 382 g/mol. The van der Waals surface area contributed by atoms with Crippen LogP contribution in [0.25, 0.3) is 0 Å². The van der Waals surface area contributed by atoms with Crippen molar-refractivity contribution >= 4 is 17.7 Å². The minimum Gasteiger partial charge on any atom is -0.464 e. The van der Waals surface area contributed by atoms with Crippen molar-refractivity contribution in [1.82, 2.24) is 4.90 Å². The van der Waals surface area contributed by atoms with E-state index in [1.54, 1.807) is 13.8 Å². The van der Waals surface area contributed by atoms with Crippen molar-refractivity contribution in [2.24, 2.45) is 0 Å². The molecule has 28 heavy (non-hydrogen) atoms. The van der Waals surface area contributed by atoms with Gasteiger partial charge in [0.05, 0.1) is 6.61 Å². The van der Waals surface area contributed by atoms with Gasteiger partial charge in [-0.2, -0.15) is 0 Å². The lowest BCUT2D eigenvalue weighted by Gasteiger charge is -2.28. The Morgan fingerprint density at radius 3 is 2.18 bits per heavy atom. The fraction of sp³-hybridized carbons (Fsp3) is 0.391. The van der Waals surface area contributed by atoms with E-state index in [1.807, 2.05) is 54.6 Å². The smallest absolute Gasteiger partial charge is 0.328 e. The van der Waals surface area contributed by atoms with Crippen LogP contribution in [0, 0.1) is 0 Å². The van der Waals surface area contributed by atoms with E-state index >= 15 is 0 Å². The Morgan fingerprint density at radius 2 is 1.64 bits per heavy atom. The summed E-state index contributed by atoms with van der Waals surface area (Å²) < 4.78 is 5.12. The molecule has 0 bridgehead atoms. The van der Waals surface area contributed by atoms with Crippen LogP contribution in [0.15, 0.2) is 54.6 Å². The highest BCUT2D eigenvalue weighted by molar-refractivity contribution is 5.92. The molecule has 5 heteroatoms. The Morgan fingerprint density at radius 1 is 1.04 bits per heavy atom. The van der Waals surface area contributed by atoms with Gasteiger partial charge in [-0.25, -0.2) is 9.59 Å². The standard InChI is InChI=1S/C23H30N2O3/c1-6-28-21(26)17(2)25(16-18-10-8-7-9-11-18)22(27)24-20-14-12-19(13-15-20)23(3,4)5/h7-15,17H,6,16H2,1-5H3,(H,24,27). The van der Waals surface area contributed by atoms with E-state index in [0.717, 1.165) is 5.56 Å². The predicted molar refractivity (Wildman–Crippen MR) is 112 cm³/mol. The number of nitrogens with one attached hydrogen (secondary N) is 1. The van der Waals surface area contributed by atoms with Gasteiger partial charge in [-0.05, 0) is 42.5 Å². The molecule has 2 aromatic carbocycles. The van der Waals surface area contributed by atoms with Gasteiger partial charge in [0.25, 0.3) is 0 Å². The van der Waals surface area contributed by atoms with E-state index in [-0.39, 0.29) is 18.1 Å². The summed E-state index contributed by atoms with van der Waals surface area (Å²) in [4.78, 5) is 26.7. The third kappa shape index (κ3) is 5.84. The number of hydrogen-bond acceptors (Lipinski definition) is 3. The van der Waals surface area contributed by atoms with Gasteiger partial charge in [0.2, 0.25) is 0 Å². The summed E-state index contributed by atoms with van der Waals surface area (Å²) in [6.45, 7) is 10.5. The number of amides is 2. The van der Waals surface area contributed by atoms with Crippen molar-refractivity contribution in [3.8, 4) is 0 Å². The molecule has 2 rings (SSSR count). The third-order valence-corrected chi connectivity index (χ3v) is 4.55. The third-order valence-electron chi connectivity index (χ3n) is 4.55. The van der Waals surface area contributed by atoms with E-state index in [1.165, 1.54) is 10.5 Å². The first kappa shape index (κ1) is 21.5. The molecule has 0 saturated heterocycles. The van der Waals surface area contributed by atoms with Crippen molar-refractivity contribution in [2.45, 2.75) is 52.6 Å². The van der Waals surface area contributed by atoms with Crippen LogP contribution in [0.1, 0.15) is 45.7 Å². The maximum atomic E-state index is 13.0. The van der Waals surface area contributed by atoms with Crippen LogP contribution in [0.4, 0.5) is 10.5 Å². The second-order valence-corrected chi connectivity index (χ2v) is 7.80. The van der Waals surface area contributed by atoms with E-state index in [0.29, 0.717) is 12.2 Å². The number of urea groups is 1. The van der Waals surface area contributed by atoms with Gasteiger partial charge in [0.15, 0.2) is 0 Å². The lowest BCUT2D eigenvalue weighted by molar-refractivity contribution is -0.147. The lowest BCUT2D eigenvalue weighted by Crippen LogP contribution is -2.45. The van der Waals surface area contributed by atoms with Crippen LogP contribution in [-0.2, 0) is 21.5 Å². The van der Waals surface area contributed by atoms with Crippen molar-refractivity contribution in [3.63, 3.8) is 0 Å². The Bertz CT molecular complexity index is 780. The summed E-state index contributed by atoms with van der Waals surface area (Å²) in [6.07, 6.45) is 0. The summed E-state index contributed by atoms with van der Waals surface area (Å²) >= 11 is 0. The van der Waals surface area contributed by atoms with E-state index in [9.17, 15) is 9.59 Å². The van der Waals surface area contributed by atoms with Gasteiger partial charge in [0, 0.05) is 12.2 Å². The normalized spacial score (nSPS) is 12.2. The Balaban J connectivity index is 2.19. The molecular formula is C23H30N2O3. The van der Waals surface area contributed by atoms with Crippen molar-refractivity contribution in [2.75, 3.05) is 11.9 Å². The van der Waals surface area contributed by atoms with Gasteiger partial charge in [-0.15, -0.1) is 0 Å². The molecule has 0 heterocycles. The predicted octanol–water partition coefficient (Wildman–Crippen LogP) is 4.97. The molecule has 1 N–H and O–H groups in total. The number of esters is 1. The zero-order valence-electron chi connectivity index (χ0n) is 17.4. The summed E-state index contributed by atoms with van der Waals surface area (Å²) in [6, 6.07) is 16.3. The fourth-order valence-electron chi connectivity index (χ4n) is 2.80. The highest BCUT2D eigenvalue weighted by Gasteiger charge is 2.27. The second kappa shape index (κ2) is 9.40. The van der Waals surface area contributed by atoms with Gasteiger partial charge in [0.1, 0.15) is 6.04 Å². The molecule has 0 aliphatic carbocycles. The second-order valence-electron chi connectivity index (χ2n) is 7.80. The van der Waals surface area contributed by atoms with Gasteiger partial charge in [-0.1, -0.05) is 63.2 Å². The fourth-order valence-corrected chi connectivity index (χ4v) is 2.80. The molecular weight excluding hydrogens is 352 g/mol. The number of anilines is 1. The Hall–Kier alpha value is -2.82. The lowest BCUT2D eigenvalue weighted by atomic mass is 9.87. The average molecular weight is 383 g/mol. The van der Waals surface area contributed by atoms with Crippen molar-refractivity contribution in [3.05, 3.63) is 65.7 Å². The van der Waals surface area contributed by atoms with Crippen LogP contribution >= 0.6 is 0 Å². The zero-order chi connectivity index (χ0) is 20.7. The number of carbonyl (C=O) groups excluding carboxylic acids is 2. The molecule has 0 spiro atoms. The Kier molecular flexibility index (Phi) is 7.21. The highest BCUT2D eigenvalue weighted by atomic mass is 16.5. The van der Waals surface area contributed by atoms with E-state index < -0.39 is 12.0 Å².